The Hall–Kier alpha value is -3.80. The number of rotatable bonds is 4. The van der Waals surface area contributed by atoms with Crippen LogP contribution in [0.25, 0.3) is 11.3 Å². The number of nitrogens with zero attached hydrogens (tertiary/aromatic N) is 6. The largest absolute Gasteiger partial charge is 0.444 e. The van der Waals surface area contributed by atoms with Crippen LogP contribution in [0.1, 0.15) is 50.8 Å². The molecule has 9 nitrogen and oxygen atoms in total. The minimum atomic E-state index is -0.496. The second kappa shape index (κ2) is 7.90. The van der Waals surface area contributed by atoms with E-state index in [-0.39, 0.29) is 17.6 Å². The van der Waals surface area contributed by atoms with Gasteiger partial charge in [-0.15, -0.1) is 0 Å². The molecular formula is C25H29N7O2. The van der Waals surface area contributed by atoms with Crippen molar-refractivity contribution in [3.8, 4) is 17.3 Å². The van der Waals surface area contributed by atoms with Gasteiger partial charge in [-0.1, -0.05) is 30.3 Å². The predicted molar refractivity (Wildman–Crippen MR) is 127 cm³/mol. The maximum Gasteiger partial charge on any atom is 0.410 e. The van der Waals surface area contributed by atoms with E-state index in [0.717, 1.165) is 24.0 Å². The van der Waals surface area contributed by atoms with E-state index >= 15 is 0 Å². The molecule has 1 aliphatic carbocycles. The van der Waals surface area contributed by atoms with E-state index in [1.807, 2.05) is 62.0 Å². The molecule has 3 heterocycles. The fraction of sp³-hybridized carbons (Fsp3) is 0.440. The average molecular weight is 460 g/mol. The summed E-state index contributed by atoms with van der Waals surface area (Å²) in [5, 5.41) is 18.9. The molecule has 1 saturated carbocycles. The van der Waals surface area contributed by atoms with Crippen LogP contribution in [0.5, 0.6) is 0 Å². The quantitative estimate of drug-likeness (QED) is 0.634. The number of ether oxygens (including phenoxy) is 1. The first-order valence-corrected chi connectivity index (χ1v) is 11.5. The predicted octanol–water partition coefficient (Wildman–Crippen LogP) is 3.82. The van der Waals surface area contributed by atoms with Crippen LogP contribution in [0.4, 0.5) is 10.6 Å². The lowest BCUT2D eigenvalue weighted by molar-refractivity contribution is -0.0923. The first kappa shape index (κ1) is 22.0. The fourth-order valence-corrected chi connectivity index (χ4v) is 4.97. The molecule has 1 aliphatic heterocycles. The van der Waals surface area contributed by atoms with Gasteiger partial charge in [-0.25, -0.2) is 9.48 Å². The van der Waals surface area contributed by atoms with Crippen LogP contribution >= 0.6 is 0 Å². The first-order valence-electron chi connectivity index (χ1n) is 11.5. The van der Waals surface area contributed by atoms with Crippen molar-refractivity contribution in [3.05, 3.63) is 53.9 Å². The number of carbonyl (C=O) groups excluding carboxylic acids is 1. The maximum atomic E-state index is 12.3. The Morgan fingerprint density at radius 2 is 1.97 bits per heavy atom. The zero-order valence-corrected chi connectivity index (χ0v) is 19.7. The summed E-state index contributed by atoms with van der Waals surface area (Å²) in [6, 6.07) is 12.4. The van der Waals surface area contributed by atoms with Crippen molar-refractivity contribution in [1.29, 1.82) is 5.26 Å². The molecule has 1 saturated heterocycles. The molecule has 1 spiro atoms. The summed E-state index contributed by atoms with van der Waals surface area (Å²) >= 11 is 0. The van der Waals surface area contributed by atoms with Crippen LogP contribution in [0, 0.1) is 16.7 Å². The van der Waals surface area contributed by atoms with Crippen molar-refractivity contribution < 1.29 is 9.53 Å². The van der Waals surface area contributed by atoms with Crippen LogP contribution in [-0.2, 0) is 11.3 Å². The summed E-state index contributed by atoms with van der Waals surface area (Å²) in [4.78, 5) is 14.0. The van der Waals surface area contributed by atoms with Crippen LogP contribution in [-0.4, -0.2) is 49.2 Å². The highest BCUT2D eigenvalue weighted by Crippen LogP contribution is 2.55. The van der Waals surface area contributed by atoms with Gasteiger partial charge in [-0.2, -0.15) is 15.5 Å². The molecule has 2 aromatic heterocycles. The Morgan fingerprint density at radius 3 is 2.62 bits per heavy atom. The lowest BCUT2D eigenvalue weighted by atomic mass is 9.61. The lowest BCUT2D eigenvalue weighted by Gasteiger charge is -2.58. The summed E-state index contributed by atoms with van der Waals surface area (Å²) in [7, 11) is 0. The monoisotopic (exact) mass is 459 g/mol. The van der Waals surface area contributed by atoms with Gasteiger partial charge >= 0.3 is 6.09 Å². The van der Waals surface area contributed by atoms with Gasteiger partial charge in [0.1, 0.15) is 28.7 Å². The van der Waals surface area contributed by atoms with Gasteiger partial charge in [0, 0.05) is 30.3 Å². The second-order valence-corrected chi connectivity index (χ2v) is 10.5. The van der Waals surface area contributed by atoms with E-state index in [2.05, 4.69) is 11.2 Å². The molecule has 0 atom stereocenters. The van der Waals surface area contributed by atoms with E-state index in [4.69, 9.17) is 15.6 Å². The highest BCUT2D eigenvalue weighted by molar-refractivity contribution is 5.72. The average Bonchev–Trinajstić information content (AvgIpc) is 3.29. The number of likely N-dealkylation sites (tertiary alicyclic amines) is 1. The van der Waals surface area contributed by atoms with Crippen molar-refractivity contribution in [2.45, 2.75) is 51.8 Å². The Morgan fingerprint density at radius 1 is 1.26 bits per heavy atom. The topological polar surface area (TPSA) is 115 Å². The van der Waals surface area contributed by atoms with Gasteiger partial charge in [0.2, 0.25) is 0 Å². The maximum absolute atomic E-state index is 12.3. The van der Waals surface area contributed by atoms with Gasteiger partial charge in [-0.05, 0) is 39.2 Å². The van der Waals surface area contributed by atoms with Crippen LogP contribution < -0.4 is 5.73 Å². The number of carbonyl (C=O) groups is 1. The second-order valence-electron chi connectivity index (χ2n) is 10.5. The molecule has 2 aliphatic rings. The summed E-state index contributed by atoms with van der Waals surface area (Å²) in [6.45, 7) is 7.62. The van der Waals surface area contributed by atoms with Crippen molar-refractivity contribution in [2.24, 2.45) is 5.41 Å². The number of nitriles is 1. The molecule has 1 amide bonds. The molecule has 3 aromatic rings. The van der Waals surface area contributed by atoms with Gasteiger partial charge in [-0.3, -0.25) is 4.68 Å². The third-order valence-corrected chi connectivity index (χ3v) is 6.54. The molecule has 2 fully saturated rings. The van der Waals surface area contributed by atoms with Crippen LogP contribution in [0.2, 0.25) is 0 Å². The first-order chi connectivity index (χ1) is 16.2. The molecule has 0 radical (unpaired) electrons. The van der Waals surface area contributed by atoms with Gasteiger partial charge in [0.25, 0.3) is 0 Å². The van der Waals surface area contributed by atoms with Gasteiger partial charge in [0.05, 0.1) is 18.8 Å². The Bertz CT molecular complexity index is 1250. The molecule has 0 bridgehead atoms. The third-order valence-electron chi connectivity index (χ3n) is 6.54. The summed E-state index contributed by atoms with van der Waals surface area (Å²) < 4.78 is 9.08. The Kier molecular flexibility index (Phi) is 5.12. The number of amides is 1. The summed E-state index contributed by atoms with van der Waals surface area (Å²) in [5.74, 6) is 0.386. The molecule has 1 aromatic carbocycles. The number of aromatic nitrogens is 4. The molecule has 0 unspecified atom stereocenters. The number of nitrogen functional groups attached to an aromatic ring is 1. The summed E-state index contributed by atoms with van der Waals surface area (Å²) in [5.41, 5.74) is 8.80. The smallest absolute Gasteiger partial charge is 0.410 e. The van der Waals surface area contributed by atoms with E-state index in [9.17, 15) is 10.1 Å². The number of nitrogens with two attached hydrogens (primary N) is 1. The zero-order chi connectivity index (χ0) is 24.1. The number of hydrogen-bond acceptors (Lipinski definition) is 6. The van der Waals surface area contributed by atoms with Crippen molar-refractivity contribution in [2.75, 3.05) is 18.8 Å². The van der Waals surface area contributed by atoms with E-state index < -0.39 is 5.60 Å². The molecule has 34 heavy (non-hydrogen) atoms. The lowest BCUT2D eigenvalue weighted by Crippen LogP contribution is -2.64. The standard InChI is InChI=1S/C25H29N7O2/c1-24(2,3)34-23(33)30-15-25(16-30)9-19(10-25)32-22(27)20(11-26)21(29-32)18-12-28-31(14-18)13-17-7-5-4-6-8-17/h4-8,12,14,19H,9-10,13,15-16,27H2,1-3H3. The minimum Gasteiger partial charge on any atom is -0.444 e. The molecule has 9 heteroatoms. The van der Waals surface area contributed by atoms with Crippen molar-refractivity contribution in [1.82, 2.24) is 24.5 Å². The van der Waals surface area contributed by atoms with Crippen molar-refractivity contribution >= 4 is 11.9 Å². The van der Waals surface area contributed by atoms with Crippen molar-refractivity contribution in [3.63, 3.8) is 0 Å². The zero-order valence-electron chi connectivity index (χ0n) is 19.7. The van der Waals surface area contributed by atoms with Crippen LogP contribution in [0.3, 0.4) is 0 Å². The Labute approximate surface area is 198 Å². The normalized spacial score (nSPS) is 17.2. The third kappa shape index (κ3) is 4.00. The van der Waals surface area contributed by atoms with E-state index in [1.165, 1.54) is 0 Å². The molecule has 2 N–H and O–H groups in total. The fourth-order valence-electron chi connectivity index (χ4n) is 4.97. The summed E-state index contributed by atoms with van der Waals surface area (Å²) in [6.07, 6.45) is 5.10. The number of benzene rings is 1. The number of anilines is 1. The van der Waals surface area contributed by atoms with E-state index in [1.54, 1.807) is 15.8 Å². The van der Waals surface area contributed by atoms with Gasteiger partial charge < -0.3 is 15.4 Å². The molecule has 5 rings (SSSR count). The molecule has 176 valence electrons. The highest BCUT2D eigenvalue weighted by Gasteiger charge is 2.55. The molecular weight excluding hydrogens is 430 g/mol. The highest BCUT2D eigenvalue weighted by atomic mass is 16.6. The number of hydrogen-bond donors (Lipinski definition) is 1. The van der Waals surface area contributed by atoms with E-state index in [0.29, 0.717) is 36.7 Å². The SMILES string of the molecule is CC(C)(C)OC(=O)N1CC2(CC(n3nc(-c4cnn(Cc5ccccc5)c4)c(C#N)c3N)C2)C1. The Balaban J connectivity index is 1.27. The van der Waals surface area contributed by atoms with Gasteiger partial charge in [0.15, 0.2) is 0 Å². The van der Waals surface area contributed by atoms with Crippen LogP contribution in [0.15, 0.2) is 42.7 Å². The minimum absolute atomic E-state index is 0.0908.